The van der Waals surface area contributed by atoms with E-state index in [4.69, 9.17) is 5.26 Å². The number of rotatable bonds is 2. The van der Waals surface area contributed by atoms with E-state index in [0.717, 1.165) is 10.9 Å². The summed E-state index contributed by atoms with van der Waals surface area (Å²) in [6.45, 7) is 0.0941. The quantitative estimate of drug-likeness (QED) is 0.694. The van der Waals surface area contributed by atoms with Crippen molar-refractivity contribution < 1.29 is 8.78 Å². The standard InChI is InChI=1S/C16H10F2N2/c17-14-2-1-3-15(18)13(14)10-20-7-6-12-5-4-11(9-19)8-16(12)20/h1-8H,10H2. The number of fused-ring (bicyclic) bond motifs is 1. The van der Waals surface area contributed by atoms with E-state index < -0.39 is 11.6 Å². The van der Waals surface area contributed by atoms with Crippen molar-refractivity contribution in [2.45, 2.75) is 6.54 Å². The van der Waals surface area contributed by atoms with Crippen LogP contribution in [-0.4, -0.2) is 4.57 Å². The summed E-state index contributed by atoms with van der Waals surface area (Å²) in [4.78, 5) is 0. The van der Waals surface area contributed by atoms with E-state index in [1.165, 1.54) is 18.2 Å². The molecule has 0 radical (unpaired) electrons. The van der Waals surface area contributed by atoms with Crippen molar-refractivity contribution in [1.29, 1.82) is 5.26 Å². The summed E-state index contributed by atoms with van der Waals surface area (Å²) in [6.07, 6.45) is 1.76. The molecule has 1 heterocycles. The topological polar surface area (TPSA) is 28.7 Å². The second-order valence-electron chi connectivity index (χ2n) is 4.53. The van der Waals surface area contributed by atoms with Gasteiger partial charge in [-0.3, -0.25) is 0 Å². The number of benzene rings is 2. The Morgan fingerprint density at radius 3 is 2.50 bits per heavy atom. The van der Waals surface area contributed by atoms with Gasteiger partial charge in [-0.05, 0) is 35.7 Å². The Hall–Kier alpha value is -2.67. The number of nitrogens with zero attached hydrogens (tertiary/aromatic N) is 2. The SMILES string of the molecule is N#Cc1ccc2ccn(Cc3c(F)cccc3F)c2c1. The Morgan fingerprint density at radius 2 is 1.80 bits per heavy atom. The van der Waals surface area contributed by atoms with Gasteiger partial charge >= 0.3 is 0 Å². The van der Waals surface area contributed by atoms with Gasteiger partial charge in [-0.15, -0.1) is 0 Å². The number of nitriles is 1. The molecule has 0 spiro atoms. The Kier molecular flexibility index (Phi) is 2.96. The molecule has 0 fully saturated rings. The highest BCUT2D eigenvalue weighted by molar-refractivity contribution is 5.81. The Bertz CT molecular complexity index is 808. The van der Waals surface area contributed by atoms with Crippen LogP contribution in [0.5, 0.6) is 0 Å². The van der Waals surface area contributed by atoms with E-state index in [2.05, 4.69) is 6.07 Å². The average molecular weight is 268 g/mol. The maximum absolute atomic E-state index is 13.7. The van der Waals surface area contributed by atoms with Gasteiger partial charge in [0.15, 0.2) is 0 Å². The smallest absolute Gasteiger partial charge is 0.131 e. The van der Waals surface area contributed by atoms with Crippen molar-refractivity contribution in [3.8, 4) is 6.07 Å². The summed E-state index contributed by atoms with van der Waals surface area (Å²) in [5, 5.41) is 9.86. The van der Waals surface area contributed by atoms with E-state index >= 15 is 0 Å². The zero-order chi connectivity index (χ0) is 14.1. The first-order valence-corrected chi connectivity index (χ1v) is 6.11. The van der Waals surface area contributed by atoms with Crippen LogP contribution >= 0.6 is 0 Å². The van der Waals surface area contributed by atoms with Gasteiger partial charge in [-0.25, -0.2) is 8.78 Å². The molecule has 0 aliphatic heterocycles. The molecule has 0 N–H and O–H groups in total. The third-order valence-electron chi connectivity index (χ3n) is 3.29. The summed E-state index contributed by atoms with van der Waals surface area (Å²) >= 11 is 0. The highest BCUT2D eigenvalue weighted by Crippen LogP contribution is 2.21. The number of halogens is 2. The zero-order valence-corrected chi connectivity index (χ0v) is 10.5. The number of aromatic nitrogens is 1. The van der Waals surface area contributed by atoms with Crippen LogP contribution in [0.15, 0.2) is 48.7 Å². The largest absolute Gasteiger partial charge is 0.343 e. The Labute approximate surface area is 114 Å². The molecule has 0 bridgehead atoms. The van der Waals surface area contributed by atoms with E-state index in [9.17, 15) is 8.78 Å². The highest BCUT2D eigenvalue weighted by atomic mass is 19.1. The molecular weight excluding hydrogens is 258 g/mol. The van der Waals surface area contributed by atoms with Crippen LogP contribution in [0.2, 0.25) is 0 Å². The molecule has 0 saturated heterocycles. The fraction of sp³-hybridized carbons (Fsp3) is 0.0625. The van der Waals surface area contributed by atoms with Crippen LogP contribution in [0.4, 0.5) is 8.78 Å². The molecule has 0 aliphatic rings. The molecule has 3 aromatic rings. The summed E-state index contributed by atoms with van der Waals surface area (Å²) in [5.41, 5.74) is 1.32. The second-order valence-corrected chi connectivity index (χ2v) is 4.53. The van der Waals surface area contributed by atoms with Crippen LogP contribution in [0.3, 0.4) is 0 Å². The molecule has 20 heavy (non-hydrogen) atoms. The third kappa shape index (κ3) is 2.04. The predicted octanol–water partition coefficient (Wildman–Crippen LogP) is 3.84. The first kappa shape index (κ1) is 12.4. The molecule has 0 saturated carbocycles. The third-order valence-corrected chi connectivity index (χ3v) is 3.29. The summed E-state index contributed by atoms with van der Waals surface area (Å²) in [5.74, 6) is -1.13. The highest BCUT2D eigenvalue weighted by Gasteiger charge is 2.10. The number of hydrogen-bond donors (Lipinski definition) is 0. The van der Waals surface area contributed by atoms with Gasteiger partial charge in [0.05, 0.1) is 18.2 Å². The van der Waals surface area contributed by atoms with E-state index in [1.807, 2.05) is 12.1 Å². The van der Waals surface area contributed by atoms with Gasteiger partial charge in [-0.2, -0.15) is 5.26 Å². The first-order valence-electron chi connectivity index (χ1n) is 6.11. The molecular formula is C16H10F2N2. The van der Waals surface area contributed by atoms with Crippen LogP contribution in [0.25, 0.3) is 10.9 Å². The molecule has 0 aliphatic carbocycles. The van der Waals surface area contributed by atoms with Crippen molar-refractivity contribution in [3.63, 3.8) is 0 Å². The molecule has 1 aromatic heterocycles. The fourth-order valence-electron chi connectivity index (χ4n) is 2.25. The van der Waals surface area contributed by atoms with E-state index in [1.54, 1.807) is 22.9 Å². The van der Waals surface area contributed by atoms with Gasteiger partial charge < -0.3 is 4.57 Å². The minimum atomic E-state index is -0.566. The molecule has 0 atom stereocenters. The van der Waals surface area contributed by atoms with Crippen molar-refractivity contribution in [1.82, 2.24) is 4.57 Å². The van der Waals surface area contributed by atoms with Gasteiger partial charge in [0.2, 0.25) is 0 Å². The summed E-state index contributed by atoms with van der Waals surface area (Å²) in [6, 6.07) is 13.0. The van der Waals surface area contributed by atoms with Gasteiger partial charge in [0.1, 0.15) is 11.6 Å². The molecule has 2 nitrogen and oxygen atoms in total. The normalized spacial score (nSPS) is 10.7. The predicted molar refractivity (Wildman–Crippen MR) is 72.1 cm³/mol. The van der Waals surface area contributed by atoms with Crippen LogP contribution in [0.1, 0.15) is 11.1 Å². The first-order chi connectivity index (χ1) is 9.69. The van der Waals surface area contributed by atoms with Crippen molar-refractivity contribution in [3.05, 3.63) is 71.4 Å². The maximum Gasteiger partial charge on any atom is 0.131 e. The van der Waals surface area contributed by atoms with Crippen LogP contribution < -0.4 is 0 Å². The number of hydrogen-bond acceptors (Lipinski definition) is 1. The van der Waals surface area contributed by atoms with Crippen molar-refractivity contribution in [2.75, 3.05) is 0 Å². The van der Waals surface area contributed by atoms with Crippen molar-refractivity contribution in [2.24, 2.45) is 0 Å². The second kappa shape index (κ2) is 4.78. The molecule has 0 unspecified atom stereocenters. The fourth-order valence-corrected chi connectivity index (χ4v) is 2.25. The van der Waals surface area contributed by atoms with Crippen LogP contribution in [-0.2, 0) is 6.54 Å². The summed E-state index contributed by atoms with van der Waals surface area (Å²) in [7, 11) is 0. The molecule has 2 aromatic carbocycles. The maximum atomic E-state index is 13.7. The minimum absolute atomic E-state index is 0.0207. The molecule has 98 valence electrons. The lowest BCUT2D eigenvalue weighted by Gasteiger charge is -2.08. The summed E-state index contributed by atoms with van der Waals surface area (Å²) < 4.78 is 29.1. The Morgan fingerprint density at radius 1 is 1.05 bits per heavy atom. The minimum Gasteiger partial charge on any atom is -0.343 e. The van der Waals surface area contributed by atoms with Gasteiger partial charge in [0, 0.05) is 17.3 Å². The van der Waals surface area contributed by atoms with Crippen molar-refractivity contribution >= 4 is 10.9 Å². The lowest BCUT2D eigenvalue weighted by Crippen LogP contribution is -2.03. The van der Waals surface area contributed by atoms with E-state index in [-0.39, 0.29) is 12.1 Å². The van der Waals surface area contributed by atoms with Gasteiger partial charge in [-0.1, -0.05) is 12.1 Å². The Balaban J connectivity index is 2.09. The zero-order valence-electron chi connectivity index (χ0n) is 10.5. The average Bonchev–Trinajstić information content (AvgIpc) is 2.85. The van der Waals surface area contributed by atoms with E-state index in [0.29, 0.717) is 5.56 Å². The molecule has 3 rings (SSSR count). The lowest BCUT2D eigenvalue weighted by molar-refractivity contribution is 0.547. The lowest BCUT2D eigenvalue weighted by atomic mass is 10.1. The molecule has 4 heteroatoms. The van der Waals surface area contributed by atoms with Crippen LogP contribution in [0, 0.1) is 23.0 Å². The van der Waals surface area contributed by atoms with Gasteiger partial charge in [0.25, 0.3) is 0 Å². The molecule has 0 amide bonds. The monoisotopic (exact) mass is 268 g/mol.